The van der Waals surface area contributed by atoms with Crippen molar-refractivity contribution in [3.63, 3.8) is 0 Å². The van der Waals surface area contributed by atoms with Crippen LogP contribution in [0.4, 0.5) is 5.69 Å². The van der Waals surface area contributed by atoms with Gasteiger partial charge in [-0.25, -0.2) is 13.6 Å². The Labute approximate surface area is 159 Å². The van der Waals surface area contributed by atoms with Gasteiger partial charge in [-0.1, -0.05) is 48.5 Å². The van der Waals surface area contributed by atoms with Crippen molar-refractivity contribution >= 4 is 26.6 Å². The molecule has 0 bridgehead atoms. The van der Waals surface area contributed by atoms with Gasteiger partial charge in [0.15, 0.2) is 5.03 Å². The van der Waals surface area contributed by atoms with Crippen molar-refractivity contribution < 1.29 is 8.42 Å². The maximum absolute atomic E-state index is 12.4. The number of hydrogen-bond acceptors (Lipinski definition) is 4. The summed E-state index contributed by atoms with van der Waals surface area (Å²) < 4.78 is 24.7. The molecule has 142 valence electrons. The number of para-hydroxylation sites is 1. The molecule has 0 unspecified atom stereocenters. The molecule has 27 heavy (non-hydrogen) atoms. The number of sulfonamides is 1. The van der Waals surface area contributed by atoms with Gasteiger partial charge in [0.25, 0.3) is 10.0 Å². The molecule has 4 rings (SSSR count). The van der Waals surface area contributed by atoms with Crippen molar-refractivity contribution in [2.24, 2.45) is 5.14 Å². The molecule has 0 atom stereocenters. The predicted molar refractivity (Wildman–Crippen MR) is 108 cm³/mol. The molecule has 3 aromatic rings. The normalized spacial score (nSPS) is 15.9. The van der Waals surface area contributed by atoms with Crippen molar-refractivity contribution in [1.29, 1.82) is 0 Å². The van der Waals surface area contributed by atoms with Crippen molar-refractivity contribution in [2.45, 2.75) is 30.5 Å². The molecule has 1 aromatic heterocycles. The van der Waals surface area contributed by atoms with Crippen LogP contribution in [0.5, 0.6) is 0 Å². The maximum atomic E-state index is 12.4. The first-order valence-corrected chi connectivity index (χ1v) is 10.7. The zero-order valence-electron chi connectivity index (χ0n) is 15.1. The average Bonchev–Trinajstić information content (AvgIpc) is 3.07. The van der Waals surface area contributed by atoms with Crippen LogP contribution in [0.1, 0.15) is 18.4 Å². The number of anilines is 1. The molecule has 1 saturated heterocycles. The Morgan fingerprint density at radius 3 is 2.37 bits per heavy atom. The Bertz CT molecular complexity index is 1020. The molecule has 2 heterocycles. The van der Waals surface area contributed by atoms with Gasteiger partial charge in [0.1, 0.15) is 0 Å². The fourth-order valence-corrected chi connectivity index (χ4v) is 4.63. The lowest BCUT2D eigenvalue weighted by molar-refractivity contribution is 0.427. The van der Waals surface area contributed by atoms with Crippen LogP contribution in [0.2, 0.25) is 0 Å². The fraction of sp³-hybridized carbons (Fsp3) is 0.300. The van der Waals surface area contributed by atoms with E-state index in [9.17, 15) is 8.42 Å². The van der Waals surface area contributed by atoms with Crippen LogP contribution in [-0.2, 0) is 16.6 Å². The third-order valence-corrected chi connectivity index (χ3v) is 6.03. The Balaban J connectivity index is 1.88. The fourth-order valence-electron chi connectivity index (χ4n) is 3.88. The van der Waals surface area contributed by atoms with E-state index in [4.69, 9.17) is 5.14 Å². The standard InChI is InChI=1S/C20H24N4O2S/c21-27(25,26)20-19(17-8-4-5-9-18(17)23-20)24(16-10-12-22-13-11-16)14-15-6-2-1-3-7-15/h1-9,16,22-23H,10-14H2,(H2,21,25,26). The zero-order valence-corrected chi connectivity index (χ0v) is 15.9. The molecule has 0 spiro atoms. The van der Waals surface area contributed by atoms with E-state index in [1.165, 1.54) is 0 Å². The van der Waals surface area contributed by atoms with Crippen molar-refractivity contribution in [3.8, 4) is 0 Å². The second kappa shape index (κ2) is 7.34. The highest BCUT2D eigenvalue weighted by molar-refractivity contribution is 7.89. The molecule has 1 fully saturated rings. The van der Waals surface area contributed by atoms with Crippen LogP contribution in [0.15, 0.2) is 59.6 Å². The second-order valence-electron chi connectivity index (χ2n) is 6.99. The summed E-state index contributed by atoms with van der Waals surface area (Å²) in [6, 6.07) is 18.0. The number of aromatic nitrogens is 1. The van der Waals surface area contributed by atoms with Gasteiger partial charge in [0, 0.05) is 23.5 Å². The predicted octanol–water partition coefficient (Wildman–Crippen LogP) is 2.57. The van der Waals surface area contributed by atoms with E-state index in [0.29, 0.717) is 12.2 Å². The van der Waals surface area contributed by atoms with Crippen LogP contribution in [-0.4, -0.2) is 32.5 Å². The Hall–Kier alpha value is -2.35. The number of aromatic amines is 1. The smallest absolute Gasteiger partial charge is 0.255 e. The van der Waals surface area contributed by atoms with E-state index < -0.39 is 10.0 Å². The average molecular weight is 385 g/mol. The van der Waals surface area contributed by atoms with E-state index in [1.807, 2.05) is 42.5 Å². The third kappa shape index (κ3) is 3.71. The second-order valence-corrected chi connectivity index (χ2v) is 8.49. The highest BCUT2D eigenvalue weighted by Crippen LogP contribution is 2.37. The minimum atomic E-state index is -3.88. The molecule has 0 amide bonds. The van der Waals surface area contributed by atoms with Crippen LogP contribution < -0.4 is 15.4 Å². The quantitative estimate of drug-likeness (QED) is 0.630. The number of H-pyrrole nitrogens is 1. The molecule has 4 N–H and O–H groups in total. The number of rotatable bonds is 5. The summed E-state index contributed by atoms with van der Waals surface area (Å²) in [5.74, 6) is 0. The summed E-state index contributed by atoms with van der Waals surface area (Å²) in [4.78, 5) is 5.26. The van der Waals surface area contributed by atoms with E-state index >= 15 is 0 Å². The van der Waals surface area contributed by atoms with E-state index in [1.54, 1.807) is 0 Å². The van der Waals surface area contributed by atoms with Crippen LogP contribution >= 0.6 is 0 Å². The maximum Gasteiger partial charge on any atom is 0.255 e. The lowest BCUT2D eigenvalue weighted by atomic mass is 10.0. The van der Waals surface area contributed by atoms with Gasteiger partial charge in [-0.3, -0.25) is 0 Å². The molecular formula is C20H24N4O2S. The van der Waals surface area contributed by atoms with Crippen LogP contribution in [0.3, 0.4) is 0 Å². The number of primary sulfonamides is 1. The summed E-state index contributed by atoms with van der Waals surface area (Å²) >= 11 is 0. The number of nitrogens with one attached hydrogen (secondary N) is 2. The first-order chi connectivity index (χ1) is 13.0. The number of benzene rings is 2. The van der Waals surface area contributed by atoms with E-state index in [2.05, 4.69) is 27.3 Å². The van der Waals surface area contributed by atoms with Gasteiger partial charge in [0.2, 0.25) is 0 Å². The first-order valence-electron chi connectivity index (χ1n) is 9.19. The lowest BCUT2D eigenvalue weighted by Crippen LogP contribution is -2.43. The van der Waals surface area contributed by atoms with Crippen LogP contribution in [0, 0.1) is 0 Å². The molecule has 0 radical (unpaired) electrons. The molecule has 0 saturated carbocycles. The molecule has 6 nitrogen and oxygen atoms in total. The first kappa shape index (κ1) is 18.0. The molecular weight excluding hydrogens is 360 g/mol. The largest absolute Gasteiger partial charge is 0.361 e. The number of piperidine rings is 1. The number of nitrogens with two attached hydrogens (primary N) is 1. The van der Waals surface area contributed by atoms with E-state index in [0.717, 1.165) is 42.4 Å². The van der Waals surface area contributed by atoms with Gasteiger partial charge in [-0.15, -0.1) is 0 Å². The Morgan fingerprint density at radius 2 is 1.67 bits per heavy atom. The topological polar surface area (TPSA) is 91.2 Å². The minimum Gasteiger partial charge on any atom is -0.361 e. The van der Waals surface area contributed by atoms with Gasteiger partial charge in [-0.2, -0.15) is 0 Å². The number of fused-ring (bicyclic) bond motifs is 1. The lowest BCUT2D eigenvalue weighted by Gasteiger charge is -2.36. The highest BCUT2D eigenvalue weighted by Gasteiger charge is 2.29. The van der Waals surface area contributed by atoms with Gasteiger partial charge in [-0.05, 0) is 37.6 Å². The Kier molecular flexibility index (Phi) is 4.90. The minimum absolute atomic E-state index is 0.0955. The summed E-state index contributed by atoms with van der Waals surface area (Å²) in [5, 5.41) is 9.95. The summed E-state index contributed by atoms with van der Waals surface area (Å²) in [6.07, 6.45) is 1.91. The van der Waals surface area contributed by atoms with Gasteiger partial charge < -0.3 is 15.2 Å². The number of hydrogen-bond donors (Lipinski definition) is 3. The summed E-state index contributed by atoms with van der Waals surface area (Å²) in [6.45, 7) is 2.47. The zero-order chi connectivity index (χ0) is 18.9. The molecule has 0 aliphatic carbocycles. The summed E-state index contributed by atoms with van der Waals surface area (Å²) in [7, 11) is -3.88. The Morgan fingerprint density at radius 1 is 1.00 bits per heavy atom. The molecule has 7 heteroatoms. The summed E-state index contributed by atoms with van der Waals surface area (Å²) in [5.41, 5.74) is 2.61. The third-order valence-electron chi connectivity index (χ3n) is 5.16. The SMILES string of the molecule is NS(=O)(=O)c1[nH]c2ccccc2c1N(Cc1ccccc1)C1CCNCC1. The van der Waals surface area contributed by atoms with Crippen LogP contribution in [0.25, 0.3) is 10.9 Å². The highest BCUT2D eigenvalue weighted by atomic mass is 32.2. The van der Waals surface area contributed by atoms with Gasteiger partial charge in [0.05, 0.1) is 5.69 Å². The van der Waals surface area contributed by atoms with Gasteiger partial charge >= 0.3 is 0 Å². The molecule has 1 aliphatic rings. The monoisotopic (exact) mass is 384 g/mol. The van der Waals surface area contributed by atoms with Crippen molar-refractivity contribution in [2.75, 3.05) is 18.0 Å². The molecule has 2 aromatic carbocycles. The van der Waals surface area contributed by atoms with Crippen molar-refractivity contribution in [1.82, 2.24) is 10.3 Å². The number of nitrogens with zero attached hydrogens (tertiary/aromatic N) is 1. The van der Waals surface area contributed by atoms with E-state index in [-0.39, 0.29) is 11.1 Å². The van der Waals surface area contributed by atoms with Crippen molar-refractivity contribution in [3.05, 3.63) is 60.2 Å². The molecule has 1 aliphatic heterocycles.